The van der Waals surface area contributed by atoms with Crippen molar-refractivity contribution in [2.24, 2.45) is 11.8 Å². The van der Waals surface area contributed by atoms with Crippen molar-refractivity contribution in [3.05, 3.63) is 120 Å². The van der Waals surface area contributed by atoms with Gasteiger partial charge < -0.3 is 20.5 Å². The smallest absolute Gasteiger partial charge is 0.140 e. The third kappa shape index (κ3) is 9.72. The van der Waals surface area contributed by atoms with Gasteiger partial charge in [-0.15, -0.1) is 5.73 Å². The summed E-state index contributed by atoms with van der Waals surface area (Å²) in [7, 11) is 1.72. The normalized spacial score (nSPS) is 14.1. The molecule has 46 heavy (non-hydrogen) atoms. The zero-order valence-corrected chi connectivity index (χ0v) is 28.6. The van der Waals surface area contributed by atoms with E-state index in [9.17, 15) is 4.79 Å². The summed E-state index contributed by atoms with van der Waals surface area (Å²) < 4.78 is 5.36. The van der Waals surface area contributed by atoms with Gasteiger partial charge in [-0.3, -0.25) is 4.79 Å². The quantitative estimate of drug-likeness (QED) is 0.0605. The van der Waals surface area contributed by atoms with E-state index < -0.39 is 0 Å². The predicted molar refractivity (Wildman–Crippen MR) is 194 cm³/mol. The maximum Gasteiger partial charge on any atom is 0.140 e. The van der Waals surface area contributed by atoms with Crippen molar-refractivity contribution in [1.29, 1.82) is 0 Å². The molecule has 0 bridgehead atoms. The Labute approximate surface area is 277 Å². The minimum absolute atomic E-state index is 0.150. The molecule has 0 saturated heterocycles. The van der Waals surface area contributed by atoms with Crippen LogP contribution >= 0.6 is 0 Å². The molecule has 0 radical (unpaired) electrons. The van der Waals surface area contributed by atoms with Crippen LogP contribution in [0.2, 0.25) is 0 Å². The van der Waals surface area contributed by atoms with E-state index in [2.05, 4.69) is 98.2 Å². The summed E-state index contributed by atoms with van der Waals surface area (Å²) in [5.74, 6) is 0.518. The van der Waals surface area contributed by atoms with E-state index in [0.717, 1.165) is 54.1 Å². The summed E-state index contributed by atoms with van der Waals surface area (Å²) in [5.41, 5.74) is 17.6. The number of benzene rings is 3. The minimum atomic E-state index is -0.150. The van der Waals surface area contributed by atoms with Crippen LogP contribution < -0.4 is 15.8 Å². The number of carbonyl (C=O) groups is 1. The summed E-state index contributed by atoms with van der Waals surface area (Å²) in [6.07, 6.45) is 10.8. The molecule has 5 nitrogen and oxygen atoms in total. The van der Waals surface area contributed by atoms with Gasteiger partial charge in [-0.05, 0) is 92.0 Å². The van der Waals surface area contributed by atoms with Crippen molar-refractivity contribution in [1.82, 2.24) is 0 Å². The van der Waals surface area contributed by atoms with Crippen LogP contribution in [0.1, 0.15) is 76.0 Å². The molecule has 1 fully saturated rings. The Morgan fingerprint density at radius 3 is 2.37 bits per heavy atom. The highest BCUT2D eigenvalue weighted by atomic mass is 16.5. The Hall–Kier alpha value is -4.05. The number of aryl methyl sites for hydroxylation is 1. The summed E-state index contributed by atoms with van der Waals surface area (Å²) in [6, 6.07) is 25.3. The number of para-hydroxylation sites is 1. The van der Waals surface area contributed by atoms with Gasteiger partial charge in [0, 0.05) is 50.1 Å². The van der Waals surface area contributed by atoms with Crippen LogP contribution in [0, 0.1) is 18.8 Å². The van der Waals surface area contributed by atoms with Crippen molar-refractivity contribution < 1.29 is 9.53 Å². The van der Waals surface area contributed by atoms with Gasteiger partial charge in [0.05, 0.1) is 17.1 Å². The van der Waals surface area contributed by atoms with E-state index in [4.69, 9.17) is 4.74 Å². The first-order valence-electron chi connectivity index (χ1n) is 16.9. The number of carbonyl (C=O) groups excluding carboxylic acids is 1. The Balaban J connectivity index is 1.46. The lowest BCUT2D eigenvalue weighted by atomic mass is 9.89. The monoisotopic (exact) mass is 619 g/mol. The molecule has 1 saturated carbocycles. The molecule has 1 aliphatic carbocycles. The van der Waals surface area contributed by atoms with Gasteiger partial charge in [0.25, 0.3) is 0 Å². The minimum Gasteiger partial charge on any atom is -0.385 e. The van der Waals surface area contributed by atoms with Crippen LogP contribution in [0.15, 0.2) is 103 Å². The predicted octanol–water partition coefficient (Wildman–Crippen LogP) is 9.81. The average molecular weight is 620 g/mol. The molecule has 4 rings (SSSR count). The van der Waals surface area contributed by atoms with Crippen LogP contribution in [-0.2, 0) is 21.4 Å². The van der Waals surface area contributed by atoms with Gasteiger partial charge in [-0.25, -0.2) is 0 Å². The number of allylic oxidation sites excluding steroid dienone is 3. The molecule has 1 unspecified atom stereocenters. The van der Waals surface area contributed by atoms with E-state index in [1.165, 1.54) is 24.0 Å². The topological polar surface area (TPSA) is 53.6 Å². The van der Waals surface area contributed by atoms with E-state index in [0.29, 0.717) is 25.4 Å². The second kappa shape index (κ2) is 17.0. The fourth-order valence-electron chi connectivity index (χ4n) is 6.01. The molecule has 5 heteroatoms. The molecule has 2 N–H and O–H groups in total. The van der Waals surface area contributed by atoms with Gasteiger partial charge >= 0.3 is 0 Å². The molecule has 0 aliphatic heterocycles. The zero-order valence-electron chi connectivity index (χ0n) is 28.6. The number of nitrogens with one attached hydrogen (secondary N) is 2. The van der Waals surface area contributed by atoms with Crippen molar-refractivity contribution in [3.63, 3.8) is 0 Å². The lowest BCUT2D eigenvalue weighted by Crippen LogP contribution is -2.30. The third-order valence-electron chi connectivity index (χ3n) is 8.91. The van der Waals surface area contributed by atoms with Gasteiger partial charge in [-0.1, -0.05) is 82.0 Å². The molecular formula is C41H53N3O2. The fourth-order valence-corrected chi connectivity index (χ4v) is 6.01. The number of ketones is 1. The lowest BCUT2D eigenvalue weighted by Gasteiger charge is -2.30. The summed E-state index contributed by atoms with van der Waals surface area (Å²) in [6.45, 7) is 14.3. The highest BCUT2D eigenvalue weighted by Crippen LogP contribution is 2.50. The number of hydrogen-bond acceptors (Lipinski definition) is 5. The number of nitrogens with zero attached hydrogens (tertiary/aromatic N) is 1. The molecule has 0 amide bonds. The van der Waals surface area contributed by atoms with E-state index in [1.807, 2.05) is 42.5 Å². The number of methoxy groups -OCH3 is 1. The number of hydrogen-bond donors (Lipinski definition) is 2. The Morgan fingerprint density at radius 2 is 1.76 bits per heavy atom. The van der Waals surface area contributed by atoms with E-state index in [-0.39, 0.29) is 17.1 Å². The molecule has 244 valence electrons. The average Bonchev–Trinajstić information content (AvgIpc) is 3.86. The van der Waals surface area contributed by atoms with Crippen LogP contribution in [0.25, 0.3) is 0 Å². The van der Waals surface area contributed by atoms with Gasteiger partial charge in [0.15, 0.2) is 0 Å². The van der Waals surface area contributed by atoms with Crippen LogP contribution in [-0.4, -0.2) is 26.0 Å². The number of Topliss-reactive ketones (excluding diaryl/α,β-unsaturated/α-hetero) is 1. The van der Waals surface area contributed by atoms with Gasteiger partial charge in [0.2, 0.25) is 0 Å². The third-order valence-corrected chi connectivity index (χ3v) is 8.91. The van der Waals surface area contributed by atoms with E-state index >= 15 is 0 Å². The van der Waals surface area contributed by atoms with Crippen molar-refractivity contribution >= 4 is 22.8 Å². The zero-order chi connectivity index (χ0) is 32.9. The number of hydrazine groups is 1. The molecule has 1 aliphatic rings. The Morgan fingerprint density at radius 1 is 1.04 bits per heavy atom. The molecule has 3 aromatic rings. The highest BCUT2D eigenvalue weighted by molar-refractivity contribution is 5.83. The molecule has 1 atom stereocenters. The maximum absolute atomic E-state index is 13.9. The molecule has 0 heterocycles. The number of ether oxygens (including phenoxy) is 1. The fraction of sp³-hybridized carbons (Fsp3) is 0.415. The van der Waals surface area contributed by atoms with Crippen molar-refractivity contribution in [3.8, 4) is 0 Å². The summed E-state index contributed by atoms with van der Waals surface area (Å²) >= 11 is 0. The molecule has 0 aromatic heterocycles. The van der Waals surface area contributed by atoms with Crippen LogP contribution in [0.4, 0.5) is 17.1 Å². The highest BCUT2D eigenvalue weighted by Gasteiger charge is 2.41. The Kier molecular flexibility index (Phi) is 12.9. The number of anilines is 3. The first kappa shape index (κ1) is 34.8. The SMILES string of the molecule is C=C=C(CC(CCCOC)C(=O)Cc1ccc(NNc2ccccc2C)cc1)N(CC(C)C)c1ccc(C2(/C=C\CC)CC2)cc1. The van der Waals surface area contributed by atoms with Crippen molar-refractivity contribution in [2.75, 3.05) is 36.0 Å². The molecule has 3 aromatic carbocycles. The van der Waals surface area contributed by atoms with Crippen molar-refractivity contribution in [2.45, 2.75) is 78.1 Å². The second-order valence-corrected chi connectivity index (χ2v) is 13.1. The first-order valence-corrected chi connectivity index (χ1v) is 16.9. The standard InChI is InChI=1S/C41H53N3O2/c1-7-9-24-41(25-26-41)35-18-22-38(23-19-35)44(30-31(3)4)37(8-2)29-34(14-12-27-46-6)40(45)28-33-16-20-36(21-17-33)42-43-39-15-11-10-13-32(39)5/h9-11,13,15-24,31,34,42-43H,2,7,12,14,25-30H2,1,3-6H3/b24-9-. The Bertz CT molecular complexity index is 1480. The second-order valence-electron chi connectivity index (χ2n) is 13.1. The summed E-state index contributed by atoms with van der Waals surface area (Å²) in [4.78, 5) is 16.2. The van der Waals surface area contributed by atoms with Crippen LogP contribution in [0.3, 0.4) is 0 Å². The maximum atomic E-state index is 13.9. The lowest BCUT2D eigenvalue weighted by molar-refractivity contribution is -0.122. The van der Waals surface area contributed by atoms with Gasteiger partial charge in [-0.2, -0.15) is 0 Å². The van der Waals surface area contributed by atoms with E-state index in [1.54, 1.807) is 7.11 Å². The number of rotatable bonds is 19. The van der Waals surface area contributed by atoms with Crippen LogP contribution in [0.5, 0.6) is 0 Å². The largest absolute Gasteiger partial charge is 0.385 e. The molecule has 0 spiro atoms. The summed E-state index contributed by atoms with van der Waals surface area (Å²) in [5, 5.41) is 0. The first-order chi connectivity index (χ1) is 22.3. The van der Waals surface area contributed by atoms with Gasteiger partial charge in [0.1, 0.15) is 5.78 Å². The molecular weight excluding hydrogens is 566 g/mol.